The summed E-state index contributed by atoms with van der Waals surface area (Å²) in [4.78, 5) is 19.4. The van der Waals surface area contributed by atoms with Crippen LogP contribution in [-0.2, 0) is 11.2 Å². The van der Waals surface area contributed by atoms with Crippen LogP contribution in [-0.4, -0.2) is 54.7 Å². The maximum absolute atomic E-state index is 12.9. The number of benzene rings is 2. The molecule has 1 saturated heterocycles. The van der Waals surface area contributed by atoms with E-state index in [1.807, 2.05) is 29.2 Å². The van der Waals surface area contributed by atoms with Crippen molar-refractivity contribution in [1.29, 1.82) is 0 Å². The quantitative estimate of drug-likeness (QED) is 0.923. The number of hydrogen-bond acceptors (Lipinski definition) is 4. The average molecular weight is 351 g/mol. The number of anilines is 2. The molecule has 136 valence electrons. The van der Waals surface area contributed by atoms with Gasteiger partial charge in [0.1, 0.15) is 5.75 Å². The first-order valence-corrected chi connectivity index (χ1v) is 9.28. The van der Waals surface area contributed by atoms with Crippen molar-refractivity contribution in [3.63, 3.8) is 0 Å². The van der Waals surface area contributed by atoms with E-state index in [4.69, 9.17) is 0 Å². The molecular formula is C21H25N3O2. The van der Waals surface area contributed by atoms with Crippen LogP contribution in [0.3, 0.4) is 0 Å². The summed E-state index contributed by atoms with van der Waals surface area (Å²) in [5, 5.41) is 9.42. The van der Waals surface area contributed by atoms with Gasteiger partial charge >= 0.3 is 0 Å². The van der Waals surface area contributed by atoms with E-state index in [0.717, 1.165) is 44.0 Å². The van der Waals surface area contributed by atoms with Gasteiger partial charge in [-0.2, -0.15) is 0 Å². The lowest BCUT2D eigenvalue weighted by atomic mass is 10.1. The van der Waals surface area contributed by atoms with E-state index >= 15 is 0 Å². The fourth-order valence-corrected chi connectivity index (χ4v) is 4.04. The Kier molecular flexibility index (Phi) is 4.55. The molecule has 1 atom stereocenters. The number of amides is 1. The highest BCUT2D eigenvalue weighted by Gasteiger charge is 2.31. The van der Waals surface area contributed by atoms with Crippen LogP contribution in [0.15, 0.2) is 48.5 Å². The zero-order valence-electron chi connectivity index (χ0n) is 15.1. The number of phenolic OH excluding ortho intramolecular Hbond substituents is 1. The van der Waals surface area contributed by atoms with Crippen molar-refractivity contribution in [3.8, 4) is 5.75 Å². The van der Waals surface area contributed by atoms with Crippen molar-refractivity contribution in [2.45, 2.75) is 19.4 Å². The lowest BCUT2D eigenvalue weighted by molar-refractivity contribution is -0.120. The van der Waals surface area contributed by atoms with E-state index in [2.05, 4.69) is 28.9 Å². The maximum Gasteiger partial charge on any atom is 0.241 e. The van der Waals surface area contributed by atoms with Crippen LogP contribution in [0.25, 0.3) is 0 Å². The number of nitrogens with zero attached hydrogens (tertiary/aromatic N) is 3. The number of fused-ring (bicyclic) bond motifs is 1. The third kappa shape index (κ3) is 3.27. The topological polar surface area (TPSA) is 47.0 Å². The Morgan fingerprint density at radius 2 is 1.73 bits per heavy atom. The van der Waals surface area contributed by atoms with Crippen molar-refractivity contribution in [3.05, 3.63) is 54.1 Å². The lowest BCUT2D eigenvalue weighted by Crippen LogP contribution is -2.51. The summed E-state index contributed by atoms with van der Waals surface area (Å²) in [7, 11) is 0. The Morgan fingerprint density at radius 3 is 2.46 bits per heavy atom. The maximum atomic E-state index is 12.9. The molecule has 4 rings (SSSR count). The highest BCUT2D eigenvalue weighted by atomic mass is 16.3. The number of aromatic hydroxyl groups is 1. The predicted molar refractivity (Wildman–Crippen MR) is 104 cm³/mol. The molecule has 0 saturated carbocycles. The molecule has 0 spiro atoms. The number of hydrogen-bond donors (Lipinski definition) is 1. The van der Waals surface area contributed by atoms with Gasteiger partial charge < -0.3 is 14.9 Å². The molecule has 0 unspecified atom stereocenters. The monoisotopic (exact) mass is 351 g/mol. The van der Waals surface area contributed by atoms with Gasteiger partial charge in [0.25, 0.3) is 0 Å². The molecule has 0 radical (unpaired) electrons. The number of carbonyl (C=O) groups excluding carboxylic acids is 1. The van der Waals surface area contributed by atoms with Crippen molar-refractivity contribution in [2.75, 3.05) is 42.5 Å². The van der Waals surface area contributed by atoms with E-state index < -0.39 is 0 Å². The third-order valence-corrected chi connectivity index (χ3v) is 5.42. The average Bonchev–Trinajstić information content (AvgIpc) is 2.99. The molecule has 0 aromatic heterocycles. The summed E-state index contributed by atoms with van der Waals surface area (Å²) in [6.07, 6.45) is 0.941. The van der Waals surface area contributed by atoms with Gasteiger partial charge in [-0.3, -0.25) is 9.69 Å². The van der Waals surface area contributed by atoms with Gasteiger partial charge in [0.15, 0.2) is 0 Å². The third-order valence-electron chi connectivity index (χ3n) is 5.42. The number of rotatable bonds is 3. The number of carbonyl (C=O) groups is 1. The predicted octanol–water partition coefficient (Wildman–Crippen LogP) is 2.49. The molecule has 0 bridgehead atoms. The van der Waals surface area contributed by atoms with Crippen LogP contribution in [0.4, 0.5) is 11.4 Å². The summed E-state index contributed by atoms with van der Waals surface area (Å²) >= 11 is 0. The first-order valence-electron chi connectivity index (χ1n) is 9.28. The first kappa shape index (κ1) is 16.9. The highest BCUT2D eigenvalue weighted by molar-refractivity contribution is 5.97. The molecule has 0 aliphatic carbocycles. The fourth-order valence-electron chi connectivity index (χ4n) is 4.04. The van der Waals surface area contributed by atoms with Crippen molar-refractivity contribution >= 4 is 17.3 Å². The molecule has 2 aliphatic rings. The highest BCUT2D eigenvalue weighted by Crippen LogP contribution is 2.32. The molecule has 2 aromatic rings. The molecule has 2 heterocycles. The summed E-state index contributed by atoms with van der Waals surface area (Å²) < 4.78 is 0. The van der Waals surface area contributed by atoms with Crippen molar-refractivity contribution in [1.82, 2.24) is 4.90 Å². The second-order valence-corrected chi connectivity index (χ2v) is 7.23. The number of para-hydroxylation sites is 1. The number of phenols is 1. The molecule has 2 aromatic carbocycles. The van der Waals surface area contributed by atoms with Crippen LogP contribution in [0.1, 0.15) is 12.5 Å². The Morgan fingerprint density at radius 1 is 1.04 bits per heavy atom. The van der Waals surface area contributed by atoms with Gasteiger partial charge in [0, 0.05) is 43.6 Å². The molecule has 5 nitrogen and oxygen atoms in total. The summed E-state index contributed by atoms with van der Waals surface area (Å²) in [5.41, 5.74) is 3.47. The van der Waals surface area contributed by atoms with Crippen LogP contribution >= 0.6 is 0 Å². The van der Waals surface area contributed by atoms with E-state index in [9.17, 15) is 9.90 Å². The molecule has 1 fully saturated rings. The standard InChI is InChI=1S/C21H25N3O2/c1-16-14-17-4-2-3-5-20(17)24(16)21(26)15-22-10-12-23(13-11-22)18-6-8-19(25)9-7-18/h2-9,16,25H,10-15H2,1H3/t16-/m1/s1. The SMILES string of the molecule is C[C@@H]1Cc2ccccc2N1C(=O)CN1CCN(c2ccc(O)cc2)CC1. The van der Waals surface area contributed by atoms with E-state index in [0.29, 0.717) is 6.54 Å². The Balaban J connectivity index is 1.36. The van der Waals surface area contributed by atoms with Gasteiger partial charge in [0.2, 0.25) is 5.91 Å². The first-order chi connectivity index (χ1) is 12.6. The second-order valence-electron chi connectivity index (χ2n) is 7.23. The zero-order chi connectivity index (χ0) is 18.1. The molecule has 26 heavy (non-hydrogen) atoms. The van der Waals surface area contributed by atoms with Gasteiger partial charge in [-0.05, 0) is 49.2 Å². The zero-order valence-corrected chi connectivity index (χ0v) is 15.1. The van der Waals surface area contributed by atoms with Crippen LogP contribution in [0.5, 0.6) is 5.75 Å². The second kappa shape index (κ2) is 7.00. The van der Waals surface area contributed by atoms with Crippen molar-refractivity contribution in [2.24, 2.45) is 0 Å². The summed E-state index contributed by atoms with van der Waals surface area (Å²) in [6.45, 7) is 6.13. The Labute approximate surface area is 154 Å². The Hall–Kier alpha value is -2.53. The van der Waals surface area contributed by atoms with E-state index in [1.54, 1.807) is 12.1 Å². The van der Waals surface area contributed by atoms with E-state index in [1.165, 1.54) is 5.56 Å². The molecule has 1 N–H and O–H groups in total. The molecular weight excluding hydrogens is 326 g/mol. The van der Waals surface area contributed by atoms with Crippen molar-refractivity contribution < 1.29 is 9.90 Å². The number of piperazine rings is 1. The summed E-state index contributed by atoms with van der Waals surface area (Å²) in [6, 6.07) is 15.8. The van der Waals surface area contributed by atoms with Crippen LogP contribution < -0.4 is 9.80 Å². The van der Waals surface area contributed by atoms with Gasteiger partial charge in [-0.25, -0.2) is 0 Å². The lowest BCUT2D eigenvalue weighted by Gasteiger charge is -2.36. The fraction of sp³-hybridized carbons (Fsp3) is 0.381. The smallest absolute Gasteiger partial charge is 0.241 e. The molecule has 1 amide bonds. The van der Waals surface area contributed by atoms with E-state index in [-0.39, 0.29) is 17.7 Å². The Bertz CT molecular complexity index is 782. The van der Waals surface area contributed by atoms with Gasteiger partial charge in [-0.1, -0.05) is 18.2 Å². The largest absolute Gasteiger partial charge is 0.508 e. The summed E-state index contributed by atoms with van der Waals surface area (Å²) in [5.74, 6) is 0.485. The minimum Gasteiger partial charge on any atom is -0.508 e. The van der Waals surface area contributed by atoms with Gasteiger partial charge in [0.05, 0.1) is 6.54 Å². The molecule has 5 heteroatoms. The minimum absolute atomic E-state index is 0.195. The minimum atomic E-state index is 0.195. The van der Waals surface area contributed by atoms with Crippen LogP contribution in [0, 0.1) is 0 Å². The van der Waals surface area contributed by atoms with Gasteiger partial charge in [-0.15, -0.1) is 0 Å². The van der Waals surface area contributed by atoms with Crippen LogP contribution in [0.2, 0.25) is 0 Å². The normalized spacial score (nSPS) is 20.3. The molecule has 2 aliphatic heterocycles.